The Hall–Kier alpha value is -3.35. The van der Waals surface area contributed by atoms with Crippen molar-refractivity contribution < 1.29 is 22.8 Å². The van der Waals surface area contributed by atoms with Crippen LogP contribution in [0.1, 0.15) is 29.7 Å². The first kappa shape index (κ1) is 21.4. The second-order valence-corrected chi connectivity index (χ2v) is 7.00. The van der Waals surface area contributed by atoms with E-state index in [1.807, 2.05) is 42.5 Å². The number of alkyl halides is 3. The summed E-state index contributed by atoms with van der Waals surface area (Å²) in [6, 6.07) is 17.6. The van der Waals surface area contributed by atoms with Crippen LogP contribution in [0.5, 0.6) is 0 Å². The lowest BCUT2D eigenvalue weighted by Crippen LogP contribution is -2.38. The van der Waals surface area contributed by atoms with Crippen LogP contribution in [0.2, 0.25) is 0 Å². The van der Waals surface area contributed by atoms with Gasteiger partial charge in [0, 0.05) is 0 Å². The van der Waals surface area contributed by atoms with Crippen LogP contribution in [0.3, 0.4) is 0 Å². The normalized spacial score (nSPS) is 12.4. The first-order valence-electron chi connectivity index (χ1n) is 9.44. The highest BCUT2D eigenvalue weighted by Crippen LogP contribution is 2.30. The molecule has 156 valence electrons. The molecule has 0 aliphatic heterocycles. The SMILES string of the molecule is CC(NC(=O)CNC(=O)Cc1cccc2ccccc12)c1cccc(C(F)(F)F)c1. The number of halogens is 3. The van der Waals surface area contributed by atoms with Gasteiger partial charge in [-0.2, -0.15) is 13.2 Å². The summed E-state index contributed by atoms with van der Waals surface area (Å²) >= 11 is 0. The summed E-state index contributed by atoms with van der Waals surface area (Å²) in [4.78, 5) is 24.4. The van der Waals surface area contributed by atoms with E-state index in [1.165, 1.54) is 12.1 Å². The van der Waals surface area contributed by atoms with E-state index in [0.717, 1.165) is 28.5 Å². The summed E-state index contributed by atoms with van der Waals surface area (Å²) in [5, 5.41) is 7.15. The van der Waals surface area contributed by atoms with Crippen molar-refractivity contribution >= 4 is 22.6 Å². The number of carbonyl (C=O) groups excluding carboxylic acids is 2. The highest BCUT2D eigenvalue weighted by Gasteiger charge is 2.30. The molecule has 3 rings (SSSR count). The van der Waals surface area contributed by atoms with Crippen LogP contribution in [0.15, 0.2) is 66.7 Å². The van der Waals surface area contributed by atoms with Crippen LogP contribution in [-0.4, -0.2) is 18.4 Å². The molecule has 3 aromatic carbocycles. The van der Waals surface area contributed by atoms with E-state index in [2.05, 4.69) is 10.6 Å². The molecule has 2 amide bonds. The first-order valence-corrected chi connectivity index (χ1v) is 9.44. The monoisotopic (exact) mass is 414 g/mol. The summed E-state index contributed by atoms with van der Waals surface area (Å²) in [6.07, 6.45) is -4.33. The maximum absolute atomic E-state index is 12.8. The van der Waals surface area contributed by atoms with Gasteiger partial charge < -0.3 is 10.6 Å². The van der Waals surface area contributed by atoms with Crippen LogP contribution in [0.4, 0.5) is 13.2 Å². The standard InChI is InChI=1S/C23H21F3N2O2/c1-15(17-8-5-10-19(12-17)23(24,25)26)28-22(30)14-27-21(29)13-18-9-4-7-16-6-2-3-11-20(16)18/h2-12,15H,13-14H2,1H3,(H,27,29)(H,28,30). The third-order valence-electron chi connectivity index (χ3n) is 4.77. The van der Waals surface area contributed by atoms with Crippen molar-refractivity contribution in [2.75, 3.05) is 6.54 Å². The number of amides is 2. The van der Waals surface area contributed by atoms with Crippen molar-refractivity contribution in [3.05, 3.63) is 83.4 Å². The number of rotatable bonds is 6. The molecule has 0 aliphatic rings. The van der Waals surface area contributed by atoms with E-state index in [0.29, 0.717) is 5.56 Å². The van der Waals surface area contributed by atoms with Gasteiger partial charge in [0.15, 0.2) is 0 Å². The zero-order valence-electron chi connectivity index (χ0n) is 16.3. The van der Waals surface area contributed by atoms with Gasteiger partial charge in [0.25, 0.3) is 0 Å². The highest BCUT2D eigenvalue weighted by molar-refractivity contribution is 5.91. The molecule has 0 heterocycles. The lowest BCUT2D eigenvalue weighted by molar-refractivity contribution is -0.137. The summed E-state index contributed by atoms with van der Waals surface area (Å²) < 4.78 is 38.5. The molecule has 1 atom stereocenters. The molecular formula is C23H21F3N2O2. The van der Waals surface area contributed by atoms with Gasteiger partial charge in [-0.05, 0) is 41.0 Å². The molecule has 0 aromatic heterocycles. The van der Waals surface area contributed by atoms with Crippen molar-refractivity contribution in [1.29, 1.82) is 0 Å². The molecule has 0 spiro atoms. The van der Waals surface area contributed by atoms with Gasteiger partial charge in [-0.15, -0.1) is 0 Å². The molecule has 0 saturated heterocycles. The zero-order valence-corrected chi connectivity index (χ0v) is 16.3. The van der Waals surface area contributed by atoms with Gasteiger partial charge in [-0.25, -0.2) is 0 Å². The van der Waals surface area contributed by atoms with E-state index >= 15 is 0 Å². The zero-order chi connectivity index (χ0) is 21.7. The van der Waals surface area contributed by atoms with Gasteiger partial charge in [-0.3, -0.25) is 9.59 Å². The van der Waals surface area contributed by atoms with Crippen LogP contribution in [0.25, 0.3) is 10.8 Å². The fourth-order valence-electron chi connectivity index (χ4n) is 3.22. The molecule has 2 N–H and O–H groups in total. The fourth-order valence-corrected chi connectivity index (χ4v) is 3.22. The van der Waals surface area contributed by atoms with Crippen LogP contribution >= 0.6 is 0 Å². The van der Waals surface area contributed by atoms with Crippen LogP contribution in [-0.2, 0) is 22.2 Å². The smallest absolute Gasteiger partial charge is 0.348 e. The van der Waals surface area contributed by atoms with Gasteiger partial charge >= 0.3 is 6.18 Å². The summed E-state index contributed by atoms with van der Waals surface area (Å²) in [6.45, 7) is 1.33. The largest absolute Gasteiger partial charge is 0.416 e. The van der Waals surface area contributed by atoms with Gasteiger partial charge in [0.1, 0.15) is 0 Å². The quantitative estimate of drug-likeness (QED) is 0.628. The average molecular weight is 414 g/mol. The van der Waals surface area contributed by atoms with Gasteiger partial charge in [-0.1, -0.05) is 54.6 Å². The summed E-state index contributed by atoms with van der Waals surface area (Å²) in [5.74, 6) is -0.792. The number of hydrogen-bond acceptors (Lipinski definition) is 2. The molecule has 0 radical (unpaired) electrons. The number of nitrogens with one attached hydrogen (secondary N) is 2. The predicted molar refractivity (Wildman–Crippen MR) is 109 cm³/mol. The molecule has 0 saturated carbocycles. The Morgan fingerprint density at radius 1 is 0.933 bits per heavy atom. The van der Waals surface area contributed by atoms with E-state index in [-0.39, 0.29) is 18.9 Å². The summed E-state index contributed by atoms with van der Waals surface area (Å²) in [5.41, 5.74) is 0.410. The number of carbonyl (C=O) groups is 2. The third kappa shape index (κ3) is 5.37. The molecular weight excluding hydrogens is 393 g/mol. The molecule has 1 unspecified atom stereocenters. The van der Waals surface area contributed by atoms with Gasteiger partial charge in [0.2, 0.25) is 11.8 Å². The minimum atomic E-state index is -4.45. The van der Waals surface area contributed by atoms with E-state index < -0.39 is 23.7 Å². The Morgan fingerprint density at radius 3 is 2.40 bits per heavy atom. The minimum Gasteiger partial charge on any atom is -0.348 e. The van der Waals surface area contributed by atoms with E-state index in [4.69, 9.17) is 0 Å². The summed E-state index contributed by atoms with van der Waals surface area (Å²) in [7, 11) is 0. The maximum Gasteiger partial charge on any atom is 0.416 e. The second kappa shape index (κ2) is 8.98. The Morgan fingerprint density at radius 2 is 1.63 bits per heavy atom. The van der Waals surface area contributed by atoms with Crippen LogP contribution < -0.4 is 10.6 Å². The minimum absolute atomic E-state index is 0.123. The van der Waals surface area contributed by atoms with Crippen LogP contribution in [0, 0.1) is 0 Å². The molecule has 4 nitrogen and oxygen atoms in total. The Balaban J connectivity index is 1.55. The molecule has 0 aliphatic carbocycles. The topological polar surface area (TPSA) is 58.2 Å². The molecule has 0 bridgehead atoms. The Bertz CT molecular complexity index is 1060. The number of benzene rings is 3. The highest BCUT2D eigenvalue weighted by atomic mass is 19.4. The van der Waals surface area contributed by atoms with Crippen molar-refractivity contribution in [2.45, 2.75) is 25.6 Å². The number of fused-ring (bicyclic) bond motifs is 1. The second-order valence-electron chi connectivity index (χ2n) is 7.00. The van der Waals surface area contributed by atoms with Crippen molar-refractivity contribution in [2.24, 2.45) is 0 Å². The molecule has 7 heteroatoms. The fraction of sp³-hybridized carbons (Fsp3) is 0.217. The first-order chi connectivity index (χ1) is 14.2. The van der Waals surface area contributed by atoms with E-state index in [1.54, 1.807) is 6.92 Å². The van der Waals surface area contributed by atoms with Crippen molar-refractivity contribution in [3.63, 3.8) is 0 Å². The molecule has 0 fully saturated rings. The lowest BCUT2D eigenvalue weighted by atomic mass is 10.0. The third-order valence-corrected chi connectivity index (χ3v) is 4.77. The maximum atomic E-state index is 12.8. The Kier molecular flexibility index (Phi) is 6.40. The molecule has 30 heavy (non-hydrogen) atoms. The Labute approximate surface area is 172 Å². The van der Waals surface area contributed by atoms with Gasteiger partial charge in [0.05, 0.1) is 24.6 Å². The number of hydrogen-bond donors (Lipinski definition) is 2. The predicted octanol–water partition coefficient (Wildman–Crippen LogP) is 4.39. The lowest BCUT2D eigenvalue weighted by Gasteiger charge is -2.16. The molecule has 3 aromatic rings. The van der Waals surface area contributed by atoms with Crippen molar-refractivity contribution in [3.8, 4) is 0 Å². The average Bonchev–Trinajstić information content (AvgIpc) is 2.72. The van der Waals surface area contributed by atoms with Crippen molar-refractivity contribution in [1.82, 2.24) is 10.6 Å². The van der Waals surface area contributed by atoms with E-state index in [9.17, 15) is 22.8 Å².